The molecule has 1 aromatic heterocycles. The van der Waals surface area contributed by atoms with Crippen LogP contribution in [0.1, 0.15) is 66.7 Å². The molecule has 0 fully saturated rings. The molecule has 1 unspecified atom stereocenters. The molecule has 0 amide bonds. The molecule has 0 bridgehead atoms. The number of nitrogens with zero attached hydrogens (tertiary/aromatic N) is 3. The van der Waals surface area contributed by atoms with E-state index in [9.17, 15) is 13.2 Å². The first kappa shape index (κ1) is 19.9. The Morgan fingerprint density at radius 3 is 2.90 bits per heavy atom. The van der Waals surface area contributed by atoms with Gasteiger partial charge in [-0.15, -0.1) is 0 Å². The van der Waals surface area contributed by atoms with Gasteiger partial charge >= 0.3 is 10.0 Å². The molecule has 1 aromatic carbocycles. The van der Waals surface area contributed by atoms with Gasteiger partial charge < -0.3 is 5.73 Å². The van der Waals surface area contributed by atoms with Gasteiger partial charge in [-0.2, -0.15) is 13.5 Å². The molecule has 1 atom stereocenters. The second kappa shape index (κ2) is 8.13. The third kappa shape index (κ3) is 4.00. The highest BCUT2D eigenvalue weighted by atomic mass is 32.2. The van der Waals surface area contributed by atoms with Crippen LogP contribution in [-0.4, -0.2) is 24.3 Å². The number of carbonyl (C=O) groups excluding carboxylic acids is 1. The van der Waals surface area contributed by atoms with Gasteiger partial charge in [0.2, 0.25) is 0 Å². The van der Waals surface area contributed by atoms with Crippen molar-refractivity contribution < 1.29 is 13.2 Å². The average Bonchev–Trinajstić information content (AvgIpc) is 3.41. The van der Waals surface area contributed by atoms with Crippen LogP contribution in [0, 0.1) is 0 Å². The van der Waals surface area contributed by atoms with Crippen molar-refractivity contribution in [2.45, 2.75) is 75.3 Å². The zero-order valence-electron chi connectivity index (χ0n) is 16.4. The molecule has 4 rings (SSSR count). The maximum Gasteiger partial charge on any atom is 0.311 e. The highest BCUT2D eigenvalue weighted by Gasteiger charge is 2.28. The SMILES string of the molecule is Nc1c2c(cc3c1C(CCCCCn1ccc(S(=O)(=O)N=C=O)n1)CC3)CCC2. The Morgan fingerprint density at radius 1 is 1.21 bits per heavy atom. The molecule has 2 N–H and O–H groups in total. The fourth-order valence-electron chi connectivity index (χ4n) is 4.85. The number of anilines is 1. The van der Waals surface area contributed by atoms with Crippen LogP contribution in [0.25, 0.3) is 0 Å². The molecule has 154 valence electrons. The quantitative estimate of drug-likeness (QED) is 0.309. The molecule has 2 aromatic rings. The Morgan fingerprint density at radius 2 is 2.07 bits per heavy atom. The topological polar surface area (TPSA) is 107 Å². The highest BCUT2D eigenvalue weighted by Crippen LogP contribution is 2.44. The van der Waals surface area contributed by atoms with E-state index >= 15 is 0 Å². The second-order valence-electron chi connectivity index (χ2n) is 8.01. The number of sulfonamides is 1. The Bertz CT molecular complexity index is 1070. The summed E-state index contributed by atoms with van der Waals surface area (Å²) < 4.78 is 27.7. The lowest BCUT2D eigenvalue weighted by Crippen LogP contribution is -2.04. The van der Waals surface area contributed by atoms with E-state index in [4.69, 9.17) is 5.73 Å². The van der Waals surface area contributed by atoms with E-state index < -0.39 is 10.0 Å². The molecule has 2 aliphatic rings. The van der Waals surface area contributed by atoms with Crippen molar-refractivity contribution in [3.63, 3.8) is 0 Å². The Hall–Kier alpha value is -2.44. The molecule has 0 aliphatic heterocycles. The van der Waals surface area contributed by atoms with Crippen molar-refractivity contribution in [1.82, 2.24) is 9.78 Å². The third-order valence-corrected chi connectivity index (χ3v) is 7.28. The summed E-state index contributed by atoms with van der Waals surface area (Å²) in [7, 11) is -4.02. The third-order valence-electron chi connectivity index (χ3n) is 6.22. The maximum atomic E-state index is 11.7. The minimum Gasteiger partial charge on any atom is -0.398 e. The normalized spacial score (nSPS) is 17.7. The summed E-state index contributed by atoms with van der Waals surface area (Å²) in [5.74, 6) is 0.568. The molecule has 1 heterocycles. The molecule has 0 saturated carbocycles. The van der Waals surface area contributed by atoms with Crippen molar-refractivity contribution in [3.8, 4) is 0 Å². The molecule has 0 saturated heterocycles. The van der Waals surface area contributed by atoms with Crippen LogP contribution < -0.4 is 5.73 Å². The smallest absolute Gasteiger partial charge is 0.311 e. The fourth-order valence-corrected chi connectivity index (χ4v) is 5.48. The van der Waals surface area contributed by atoms with Crippen LogP contribution in [0.5, 0.6) is 0 Å². The lowest BCUT2D eigenvalue weighted by Gasteiger charge is -2.17. The monoisotopic (exact) mass is 414 g/mol. The highest BCUT2D eigenvalue weighted by molar-refractivity contribution is 7.90. The summed E-state index contributed by atoms with van der Waals surface area (Å²) in [4.78, 5) is 10.2. The number of hydrogen-bond acceptors (Lipinski definition) is 5. The van der Waals surface area contributed by atoms with E-state index in [1.807, 2.05) is 0 Å². The molecule has 8 heteroatoms. The first-order valence-electron chi connectivity index (χ1n) is 10.3. The zero-order chi connectivity index (χ0) is 20.4. The largest absolute Gasteiger partial charge is 0.398 e. The molecule has 29 heavy (non-hydrogen) atoms. The number of fused-ring (bicyclic) bond motifs is 2. The van der Waals surface area contributed by atoms with Crippen molar-refractivity contribution in [2.24, 2.45) is 4.40 Å². The van der Waals surface area contributed by atoms with Gasteiger partial charge in [0, 0.05) is 18.4 Å². The van der Waals surface area contributed by atoms with E-state index in [0.717, 1.165) is 50.3 Å². The van der Waals surface area contributed by atoms with Crippen LogP contribution in [0.3, 0.4) is 0 Å². The summed E-state index contributed by atoms with van der Waals surface area (Å²) in [5, 5.41) is 3.77. The van der Waals surface area contributed by atoms with Gasteiger partial charge in [0.05, 0.1) is 0 Å². The Balaban J connectivity index is 1.28. The standard InChI is InChI=1S/C21H26N4O3S/c22-21-18-7-4-6-16(18)13-17-9-8-15(20(17)21)5-2-1-3-11-25-12-10-19(24-25)29(27,28)23-14-26/h10,12-13,15H,1-9,11,22H2. The number of isocyanates is 1. The van der Waals surface area contributed by atoms with Crippen molar-refractivity contribution in [1.29, 1.82) is 0 Å². The van der Waals surface area contributed by atoms with E-state index in [-0.39, 0.29) is 5.03 Å². The summed E-state index contributed by atoms with van der Waals surface area (Å²) in [6, 6.07) is 3.76. The van der Waals surface area contributed by atoms with E-state index in [0.29, 0.717) is 12.5 Å². The number of nitrogens with two attached hydrogens (primary N) is 1. The second-order valence-corrected chi connectivity index (χ2v) is 9.56. The van der Waals surface area contributed by atoms with Crippen molar-refractivity contribution in [2.75, 3.05) is 5.73 Å². The number of hydrogen-bond donors (Lipinski definition) is 1. The van der Waals surface area contributed by atoms with E-state index in [2.05, 4.69) is 15.6 Å². The lowest BCUT2D eigenvalue weighted by atomic mass is 9.90. The summed E-state index contributed by atoms with van der Waals surface area (Å²) in [5.41, 5.74) is 13.4. The van der Waals surface area contributed by atoms with Gasteiger partial charge in [0.15, 0.2) is 5.03 Å². The predicted octanol–water partition coefficient (Wildman–Crippen LogP) is 3.27. The van der Waals surface area contributed by atoms with Crippen molar-refractivity contribution in [3.05, 3.63) is 40.6 Å². The number of benzene rings is 1. The van der Waals surface area contributed by atoms with E-state index in [1.54, 1.807) is 10.9 Å². The number of rotatable bonds is 8. The lowest BCUT2D eigenvalue weighted by molar-refractivity contribution is 0.502. The summed E-state index contributed by atoms with van der Waals surface area (Å²) >= 11 is 0. The summed E-state index contributed by atoms with van der Waals surface area (Å²) in [6.07, 6.45) is 12.7. The fraction of sp³-hybridized carbons (Fsp3) is 0.524. The average molecular weight is 415 g/mol. The van der Waals surface area contributed by atoms with Gasteiger partial charge in [-0.05, 0) is 79.2 Å². The molecular weight excluding hydrogens is 388 g/mol. The maximum absolute atomic E-state index is 11.7. The van der Waals surface area contributed by atoms with Crippen LogP contribution in [-0.2, 0) is 40.6 Å². The van der Waals surface area contributed by atoms with Gasteiger partial charge in [-0.3, -0.25) is 4.68 Å². The minimum absolute atomic E-state index is 0.216. The van der Waals surface area contributed by atoms with Crippen LogP contribution in [0.2, 0.25) is 0 Å². The first-order valence-corrected chi connectivity index (χ1v) is 11.7. The minimum atomic E-state index is -4.02. The zero-order valence-corrected chi connectivity index (χ0v) is 17.2. The van der Waals surface area contributed by atoms with Crippen LogP contribution in [0.15, 0.2) is 27.8 Å². The van der Waals surface area contributed by atoms with Gasteiger partial charge in [0.1, 0.15) is 0 Å². The van der Waals surface area contributed by atoms with Gasteiger partial charge in [-0.1, -0.05) is 23.3 Å². The van der Waals surface area contributed by atoms with Gasteiger partial charge in [-0.25, -0.2) is 4.79 Å². The number of nitrogen functional groups attached to an aromatic ring is 1. The number of unbranched alkanes of at least 4 members (excludes halogenated alkanes) is 2. The Kier molecular flexibility index (Phi) is 5.56. The molecule has 0 radical (unpaired) electrons. The first-order chi connectivity index (χ1) is 14.0. The van der Waals surface area contributed by atoms with Crippen LogP contribution in [0.4, 0.5) is 5.69 Å². The van der Waals surface area contributed by atoms with Crippen LogP contribution >= 0.6 is 0 Å². The predicted molar refractivity (Wildman–Crippen MR) is 110 cm³/mol. The van der Waals surface area contributed by atoms with E-state index in [1.165, 1.54) is 47.6 Å². The van der Waals surface area contributed by atoms with Gasteiger partial charge in [0.25, 0.3) is 6.08 Å². The molecule has 2 aliphatic carbocycles. The number of aromatic nitrogens is 2. The molecular formula is C21H26N4O3S. The summed E-state index contributed by atoms with van der Waals surface area (Å²) in [6.45, 7) is 0.636. The Labute approximate surface area is 171 Å². The van der Waals surface area contributed by atoms with Crippen molar-refractivity contribution >= 4 is 21.8 Å². The molecule has 7 nitrogen and oxygen atoms in total. The molecule has 0 spiro atoms. The number of aryl methyl sites for hydroxylation is 3.